The quantitative estimate of drug-likeness (QED) is 0.0208. The third-order valence-electron chi connectivity index (χ3n) is 22.3. The third-order valence-corrected chi connectivity index (χ3v) is 23.4. The molecule has 16 amide bonds. The number of benzene rings is 2. The summed E-state index contributed by atoms with van der Waals surface area (Å²) in [5.41, 5.74) is 12.9. The summed E-state index contributed by atoms with van der Waals surface area (Å²) >= 11 is 0.837. The highest BCUT2D eigenvalue weighted by atomic mass is 32.2. The number of likely N-dealkylation sites (tertiary alicyclic amines) is 2. The number of β-amino-alcohol motifs (C(OH)–C–C–N with tert-alkyl or cyclic N) is 1. The number of primary amides is 2. The van der Waals surface area contributed by atoms with Gasteiger partial charge < -0.3 is 115 Å². The number of nitrogens with two attached hydrogens (primary N) is 2. The zero-order chi connectivity index (χ0) is 95.4. The summed E-state index contributed by atoms with van der Waals surface area (Å²) in [6.45, 7) is 11.0. The molecule has 20 N–H and O–H groups in total. The number of fused-ring (bicyclic) bond motifs is 1. The molecule has 2 saturated heterocycles. The number of carbonyl (C=O) groups is 16. The van der Waals surface area contributed by atoms with Gasteiger partial charge >= 0.3 is 0 Å². The molecular formula is C87H128N24O18S. The second-order valence-corrected chi connectivity index (χ2v) is 34.3. The average molecular weight is 1830 g/mol. The molecule has 0 unspecified atom stereocenters. The molecule has 7 rings (SSSR count). The zero-order valence-electron chi connectivity index (χ0n) is 75.5. The molecule has 0 aliphatic carbocycles. The van der Waals surface area contributed by atoms with E-state index in [1.54, 1.807) is 33.2 Å². The van der Waals surface area contributed by atoms with Crippen molar-refractivity contribution >= 4 is 129 Å². The number of carbonyl (C=O) groups excluding carboxylic acids is 16. The normalized spacial score (nSPS) is 16.7. The summed E-state index contributed by atoms with van der Waals surface area (Å²) in [4.78, 5) is 252. The summed E-state index contributed by atoms with van der Waals surface area (Å²) in [7, 11) is 5.84. The van der Waals surface area contributed by atoms with Gasteiger partial charge in [-0.2, -0.15) is 0 Å². The van der Waals surface area contributed by atoms with Crippen molar-refractivity contribution in [2.75, 3.05) is 83.1 Å². The Labute approximate surface area is 759 Å². The molecule has 0 radical (unpaired) electrons. The Balaban J connectivity index is 1.05. The fraction of sp³-hybridized carbons (Fsp3) is 0.563. The number of aromatic amines is 1. The maximum absolute atomic E-state index is 15.2. The number of thioether (sulfide) groups is 1. The number of aliphatic hydroxyl groups is 1. The molecule has 710 valence electrons. The Kier molecular flexibility index (Phi) is 41.8. The summed E-state index contributed by atoms with van der Waals surface area (Å²) in [6.07, 6.45) is 11.5. The minimum atomic E-state index is -1.77. The Hall–Kier alpha value is -12.7. The topological polar surface area (TPSA) is 602 Å². The Bertz CT molecular complexity index is 4670. The van der Waals surface area contributed by atoms with Crippen LogP contribution in [0.2, 0.25) is 0 Å². The van der Waals surface area contributed by atoms with Gasteiger partial charge in [-0.15, -0.1) is 11.8 Å². The lowest BCUT2D eigenvalue weighted by molar-refractivity contribution is -0.145. The molecule has 43 heteroatoms. The molecule has 42 nitrogen and oxygen atoms in total. The molecular weight excluding hydrogens is 1700 g/mol. The monoisotopic (exact) mass is 1830 g/mol. The van der Waals surface area contributed by atoms with Crippen LogP contribution in [0.15, 0.2) is 91.9 Å². The Morgan fingerprint density at radius 1 is 0.577 bits per heavy atom. The van der Waals surface area contributed by atoms with E-state index in [1.807, 2.05) is 45.9 Å². The van der Waals surface area contributed by atoms with Gasteiger partial charge in [0.05, 0.1) is 43.3 Å². The van der Waals surface area contributed by atoms with Crippen LogP contribution in [-0.2, 0) is 89.6 Å². The number of aromatic hydroxyl groups is 1. The number of aliphatic hydroxyl groups excluding tert-OH is 1. The molecule has 14 atom stereocenters. The van der Waals surface area contributed by atoms with Crippen LogP contribution in [0.25, 0.3) is 10.9 Å². The largest absolute Gasteiger partial charge is 0.508 e. The zero-order valence-corrected chi connectivity index (χ0v) is 76.3. The highest BCUT2D eigenvalue weighted by Crippen LogP contribution is 2.26. The lowest BCUT2D eigenvalue weighted by atomic mass is 10.0. The molecule has 0 spiro atoms. The number of amides is 16. The van der Waals surface area contributed by atoms with Crippen molar-refractivity contribution in [3.63, 3.8) is 0 Å². The van der Waals surface area contributed by atoms with Crippen molar-refractivity contribution in [1.82, 2.24) is 103 Å². The first-order valence-corrected chi connectivity index (χ1v) is 45.0. The van der Waals surface area contributed by atoms with E-state index in [4.69, 9.17) is 11.5 Å². The van der Waals surface area contributed by atoms with Crippen molar-refractivity contribution in [2.45, 2.75) is 229 Å². The molecule has 0 saturated carbocycles. The second kappa shape index (κ2) is 52.1. The molecule has 5 aromatic rings. The van der Waals surface area contributed by atoms with Gasteiger partial charge in [0, 0.05) is 114 Å². The third kappa shape index (κ3) is 31.9. The number of para-hydroxylation sites is 1. The van der Waals surface area contributed by atoms with E-state index in [9.17, 15) is 77.3 Å². The van der Waals surface area contributed by atoms with Crippen molar-refractivity contribution in [3.05, 3.63) is 103 Å². The molecule has 0 bridgehead atoms. The SMILES string of the molecule is CCCC[C@H](NC)C(=O)N(C)[C@@H](CCCC)C(=O)N[C@@H](CC(C)C)C(=O)N[C@@H](CSCC(=O)N[C@@H](Cc1ccc(O)cc1)C(=O)N(C)[C@@H](C)C(=O)N[C@@H](CC(N)=O)C(=O)N1CCC[C@H]1C(=O)N[C@@H](CNc1cnccn1)C(=O)N[C@@H](CC(C)C)C(=O)N1C[C@H](O)C[C@H]1C(=O)N[C@@H](Cc1c[nH]c2ccccc12)C(=O)N[C@@H](CCNc1cnccn1)C(=O)NC)C(=O)NCC(N)=O. The number of rotatable bonds is 53. The number of hydrogen-bond donors (Lipinski definition) is 18. The van der Waals surface area contributed by atoms with Crippen LogP contribution in [0.5, 0.6) is 5.75 Å². The van der Waals surface area contributed by atoms with Crippen LogP contribution in [-0.4, -0.2) is 306 Å². The summed E-state index contributed by atoms with van der Waals surface area (Å²) < 4.78 is 0. The van der Waals surface area contributed by atoms with Crippen LogP contribution in [0, 0.1) is 11.8 Å². The van der Waals surface area contributed by atoms with Crippen LogP contribution < -0.4 is 80.6 Å². The Morgan fingerprint density at radius 3 is 1.79 bits per heavy atom. The van der Waals surface area contributed by atoms with Gasteiger partial charge in [-0.05, 0) is 100 Å². The predicted molar refractivity (Wildman–Crippen MR) is 483 cm³/mol. The van der Waals surface area contributed by atoms with Gasteiger partial charge in [0.2, 0.25) is 94.5 Å². The number of aromatic nitrogens is 5. The molecule has 2 fully saturated rings. The number of nitrogens with zero attached hydrogens (tertiary/aromatic N) is 8. The smallest absolute Gasteiger partial charge is 0.246 e. The van der Waals surface area contributed by atoms with Crippen LogP contribution >= 0.6 is 11.8 Å². The highest BCUT2D eigenvalue weighted by Gasteiger charge is 2.46. The number of H-pyrrole nitrogens is 1. The van der Waals surface area contributed by atoms with Gasteiger partial charge in [-0.1, -0.05) is 97.6 Å². The van der Waals surface area contributed by atoms with Gasteiger partial charge in [-0.25, -0.2) is 9.97 Å². The van der Waals surface area contributed by atoms with Gasteiger partial charge in [0.15, 0.2) is 0 Å². The van der Waals surface area contributed by atoms with Crippen molar-refractivity contribution in [1.29, 1.82) is 0 Å². The van der Waals surface area contributed by atoms with Crippen LogP contribution in [0.1, 0.15) is 143 Å². The number of phenols is 1. The number of likely N-dealkylation sites (N-methyl/N-ethyl adjacent to an activating group) is 4. The van der Waals surface area contributed by atoms with E-state index in [1.165, 1.54) is 94.4 Å². The summed E-state index contributed by atoms with van der Waals surface area (Å²) in [6, 6.07) is -4.36. The molecule has 2 aliphatic rings. The van der Waals surface area contributed by atoms with Gasteiger partial charge in [0.1, 0.15) is 89.9 Å². The summed E-state index contributed by atoms with van der Waals surface area (Å²) in [5.74, 6) is -13.8. The fourth-order valence-corrected chi connectivity index (χ4v) is 16.1. The number of anilines is 2. The van der Waals surface area contributed by atoms with E-state index in [0.717, 1.165) is 50.2 Å². The molecule has 3 aromatic heterocycles. The van der Waals surface area contributed by atoms with Gasteiger partial charge in [-0.3, -0.25) is 86.7 Å². The Morgan fingerprint density at radius 2 is 1.16 bits per heavy atom. The maximum atomic E-state index is 15.2. The predicted octanol–water partition coefficient (Wildman–Crippen LogP) is -1.63. The summed E-state index contributed by atoms with van der Waals surface area (Å²) in [5, 5.41) is 57.9. The maximum Gasteiger partial charge on any atom is 0.246 e. The van der Waals surface area contributed by atoms with E-state index >= 15 is 9.59 Å². The van der Waals surface area contributed by atoms with E-state index in [2.05, 4.69) is 94.0 Å². The molecule has 2 aliphatic heterocycles. The van der Waals surface area contributed by atoms with Crippen molar-refractivity contribution in [2.24, 2.45) is 23.3 Å². The number of hydrogen-bond acceptors (Lipinski definition) is 26. The standard InChI is InChI=1S/C87H128N24O18S/c1-12-14-20-59(90-8)84(126)109(11)67(22-15-13-2)81(123)102-60(35-49(3)4)78(120)107-66(77(119)99-43-71(89)115)47-130-48-74(116)100-63(37-52-24-26-54(112)27-25-52)85(127)108(10)51(7)75(117)104-64(40-70(88)114)86(128)110-34-18-23-68(110)82(124)106-65(42-98-73-45-93-31-33-96-73)80(122)105-62(36-50(5)6)87(129)111-46-55(113)39-69(111)83(125)103-61(38-53-41-97-57-21-17-16-19-56(53)57)79(121)101-58(76(118)91-9)28-29-94-72-44-92-30-32-95-72/h16-17,19,21,24-27,30-33,41,44-45,49-51,55,58-69,90,97,112-113H,12-15,18,20,22-23,28-29,34-40,42-43,46-48H2,1-11H3,(H2,88,114)(H2,89,115)(H,91,118)(H,94,95)(H,96,98)(H,99,119)(H,100,116)(H,101,121)(H,102,123)(H,103,125)(H,104,117)(H,105,122)(H,106,124)(H,107,120)/t51-,55+,58-,59-,60-,61-,62-,63-,64-,65-,66-,67-,68-,69-/m0/s1. The lowest BCUT2D eigenvalue weighted by Gasteiger charge is -2.32. The number of unbranched alkanes of at least 4 members (excludes halogenated alkanes) is 2. The first-order valence-electron chi connectivity index (χ1n) is 43.8. The first kappa shape index (κ1) is 104. The number of nitrogens with one attached hydrogen (secondary N) is 14. The first-order chi connectivity index (χ1) is 61.9. The minimum absolute atomic E-state index is 0.0122. The van der Waals surface area contributed by atoms with E-state index in [-0.39, 0.29) is 112 Å². The number of phenolic OH excluding ortho intramolecular Hbond substituents is 1. The molecule has 130 heavy (non-hydrogen) atoms. The highest BCUT2D eigenvalue weighted by molar-refractivity contribution is 8.00. The fourth-order valence-electron chi connectivity index (χ4n) is 15.2. The average Bonchev–Trinajstić information content (AvgIpc) is 1.65. The lowest BCUT2D eigenvalue weighted by Crippen LogP contribution is -2.61. The van der Waals surface area contributed by atoms with Crippen LogP contribution in [0.3, 0.4) is 0 Å². The second-order valence-electron chi connectivity index (χ2n) is 33.3. The molecule has 5 heterocycles. The van der Waals surface area contributed by atoms with E-state index in [0.29, 0.717) is 36.2 Å². The van der Waals surface area contributed by atoms with Gasteiger partial charge in [0.25, 0.3) is 0 Å². The molecule has 2 aromatic carbocycles. The van der Waals surface area contributed by atoms with Crippen LogP contribution in [0.4, 0.5) is 11.6 Å². The minimum Gasteiger partial charge on any atom is -0.508 e. The van der Waals surface area contributed by atoms with Crippen molar-refractivity contribution in [3.8, 4) is 5.75 Å². The van der Waals surface area contributed by atoms with Crippen molar-refractivity contribution < 1.29 is 86.9 Å². The van der Waals surface area contributed by atoms with E-state index < -0.39 is 199 Å².